The van der Waals surface area contributed by atoms with Crippen LogP contribution in [0.25, 0.3) is 0 Å². The molecule has 0 aromatic heterocycles. The lowest BCUT2D eigenvalue weighted by atomic mass is 9.98. The molecule has 0 aromatic carbocycles. The van der Waals surface area contributed by atoms with Gasteiger partial charge in [0.2, 0.25) is 0 Å². The van der Waals surface area contributed by atoms with Gasteiger partial charge in [0.25, 0.3) is 0 Å². The van der Waals surface area contributed by atoms with E-state index in [1.165, 1.54) is 44.9 Å². The number of hydrogen-bond donors (Lipinski definition) is 0. The molecule has 0 N–H and O–H groups in total. The summed E-state index contributed by atoms with van der Waals surface area (Å²) in [6.07, 6.45) is 10.8. The van der Waals surface area contributed by atoms with Crippen molar-refractivity contribution < 1.29 is 4.74 Å². The van der Waals surface area contributed by atoms with E-state index < -0.39 is 0 Å². The van der Waals surface area contributed by atoms with Crippen molar-refractivity contribution in [3.05, 3.63) is 6.92 Å². The molecule has 1 nitrogen and oxygen atoms in total. The molecule has 0 aliphatic heterocycles. The molecule has 0 heterocycles. The van der Waals surface area contributed by atoms with Gasteiger partial charge in [-0.05, 0) is 19.3 Å². The molecule has 1 heteroatoms. The summed E-state index contributed by atoms with van der Waals surface area (Å²) >= 11 is 0. The van der Waals surface area contributed by atoms with Crippen LogP contribution >= 0.6 is 0 Å². The maximum absolute atomic E-state index is 5.76. The first-order valence-electron chi connectivity index (χ1n) is 5.34. The second-order valence-electron chi connectivity index (χ2n) is 3.69. The van der Waals surface area contributed by atoms with Crippen LogP contribution in [0.15, 0.2) is 0 Å². The Labute approximate surface area is 76.5 Å². The topological polar surface area (TPSA) is 9.23 Å². The first kappa shape index (κ1) is 10.0. The van der Waals surface area contributed by atoms with Crippen LogP contribution in [0.5, 0.6) is 0 Å². The largest absolute Gasteiger partial charge is 0.378 e. The summed E-state index contributed by atoms with van der Waals surface area (Å²) < 4.78 is 5.76. The Morgan fingerprint density at radius 2 is 1.83 bits per heavy atom. The molecule has 0 amide bonds. The highest BCUT2D eigenvalue weighted by molar-refractivity contribution is 4.64. The van der Waals surface area contributed by atoms with Crippen LogP contribution in [0, 0.1) is 6.92 Å². The minimum absolute atomic E-state index is 0.587. The fourth-order valence-electron chi connectivity index (χ4n) is 1.76. The Balaban J connectivity index is 1.91. The van der Waals surface area contributed by atoms with Gasteiger partial charge in [-0.1, -0.05) is 39.0 Å². The molecular weight excluding hydrogens is 148 g/mol. The standard InChI is InChI=1S/C11H21O/c1-2-3-7-10-12-11-8-5-4-6-9-11/h11H,1-10H2. The number of hydrogen-bond acceptors (Lipinski definition) is 1. The van der Waals surface area contributed by atoms with Gasteiger partial charge < -0.3 is 4.74 Å². The molecule has 0 spiro atoms. The van der Waals surface area contributed by atoms with E-state index in [0.717, 1.165) is 13.0 Å². The molecule has 1 aliphatic rings. The van der Waals surface area contributed by atoms with Crippen LogP contribution in [0.2, 0.25) is 0 Å². The molecule has 12 heavy (non-hydrogen) atoms. The second kappa shape index (κ2) is 6.47. The second-order valence-corrected chi connectivity index (χ2v) is 3.69. The zero-order valence-corrected chi connectivity index (χ0v) is 8.06. The van der Waals surface area contributed by atoms with Gasteiger partial charge in [-0.25, -0.2) is 0 Å². The van der Waals surface area contributed by atoms with Gasteiger partial charge in [-0.15, -0.1) is 0 Å². The van der Waals surface area contributed by atoms with E-state index in [0.29, 0.717) is 6.10 Å². The molecule has 1 saturated carbocycles. The minimum atomic E-state index is 0.587. The van der Waals surface area contributed by atoms with E-state index >= 15 is 0 Å². The van der Waals surface area contributed by atoms with Crippen molar-refractivity contribution in [2.45, 2.75) is 57.5 Å². The zero-order chi connectivity index (χ0) is 8.65. The van der Waals surface area contributed by atoms with Gasteiger partial charge in [-0.2, -0.15) is 0 Å². The van der Waals surface area contributed by atoms with Crippen molar-refractivity contribution in [2.75, 3.05) is 6.61 Å². The van der Waals surface area contributed by atoms with Crippen LogP contribution in [-0.4, -0.2) is 12.7 Å². The van der Waals surface area contributed by atoms with Crippen molar-refractivity contribution in [3.63, 3.8) is 0 Å². The summed E-state index contributed by atoms with van der Waals surface area (Å²) in [5, 5.41) is 0. The summed E-state index contributed by atoms with van der Waals surface area (Å²) in [4.78, 5) is 0. The highest BCUT2D eigenvalue weighted by Gasteiger charge is 2.12. The number of rotatable bonds is 5. The zero-order valence-electron chi connectivity index (χ0n) is 8.06. The minimum Gasteiger partial charge on any atom is -0.378 e. The third-order valence-corrected chi connectivity index (χ3v) is 2.55. The van der Waals surface area contributed by atoms with E-state index in [1.54, 1.807) is 0 Å². The van der Waals surface area contributed by atoms with E-state index in [4.69, 9.17) is 4.74 Å². The average Bonchev–Trinajstić information content (AvgIpc) is 2.14. The molecule has 0 bridgehead atoms. The Hall–Kier alpha value is -0.0400. The third kappa shape index (κ3) is 4.10. The van der Waals surface area contributed by atoms with E-state index in [9.17, 15) is 0 Å². The van der Waals surface area contributed by atoms with Crippen molar-refractivity contribution in [1.82, 2.24) is 0 Å². The van der Waals surface area contributed by atoms with Gasteiger partial charge in [-0.3, -0.25) is 0 Å². The van der Waals surface area contributed by atoms with Crippen LogP contribution < -0.4 is 0 Å². The first-order valence-corrected chi connectivity index (χ1v) is 5.34. The Morgan fingerprint density at radius 1 is 1.08 bits per heavy atom. The fourth-order valence-corrected chi connectivity index (χ4v) is 1.76. The molecular formula is C11H21O. The molecule has 1 radical (unpaired) electrons. The third-order valence-electron chi connectivity index (χ3n) is 2.55. The normalized spacial score (nSPS) is 19.8. The summed E-state index contributed by atoms with van der Waals surface area (Å²) in [6, 6.07) is 0. The predicted octanol–water partition coefficient (Wildman–Crippen LogP) is 3.34. The average molecular weight is 169 g/mol. The molecule has 71 valence electrons. The lowest BCUT2D eigenvalue weighted by molar-refractivity contribution is 0.0266. The highest BCUT2D eigenvalue weighted by atomic mass is 16.5. The van der Waals surface area contributed by atoms with Crippen LogP contribution in [0.4, 0.5) is 0 Å². The molecule has 1 rings (SSSR count). The smallest absolute Gasteiger partial charge is 0.0575 e. The van der Waals surface area contributed by atoms with E-state index in [2.05, 4.69) is 6.92 Å². The summed E-state index contributed by atoms with van der Waals surface area (Å²) in [5.74, 6) is 0. The van der Waals surface area contributed by atoms with Crippen molar-refractivity contribution in [2.24, 2.45) is 0 Å². The van der Waals surface area contributed by atoms with Gasteiger partial charge in [0, 0.05) is 6.61 Å². The predicted molar refractivity (Wildman–Crippen MR) is 52.0 cm³/mol. The molecule has 1 aliphatic carbocycles. The van der Waals surface area contributed by atoms with Crippen molar-refractivity contribution in [1.29, 1.82) is 0 Å². The highest BCUT2D eigenvalue weighted by Crippen LogP contribution is 2.20. The summed E-state index contributed by atoms with van der Waals surface area (Å²) in [7, 11) is 0. The van der Waals surface area contributed by atoms with Gasteiger partial charge in [0.15, 0.2) is 0 Å². The Morgan fingerprint density at radius 3 is 2.50 bits per heavy atom. The van der Waals surface area contributed by atoms with Crippen LogP contribution in [0.1, 0.15) is 51.4 Å². The summed E-state index contributed by atoms with van der Waals surface area (Å²) in [6.45, 7) is 4.77. The molecule has 0 unspecified atom stereocenters. The molecule has 0 aromatic rings. The number of unbranched alkanes of at least 4 members (excludes halogenated alkanes) is 2. The van der Waals surface area contributed by atoms with Crippen LogP contribution in [-0.2, 0) is 4.74 Å². The molecule has 0 atom stereocenters. The maximum Gasteiger partial charge on any atom is 0.0575 e. The summed E-state index contributed by atoms with van der Waals surface area (Å²) in [5.41, 5.74) is 0. The van der Waals surface area contributed by atoms with E-state index in [1.807, 2.05) is 0 Å². The lowest BCUT2D eigenvalue weighted by Gasteiger charge is -2.21. The van der Waals surface area contributed by atoms with Crippen LogP contribution in [0.3, 0.4) is 0 Å². The first-order chi connectivity index (χ1) is 5.93. The Bertz CT molecular complexity index is 95.2. The monoisotopic (exact) mass is 169 g/mol. The van der Waals surface area contributed by atoms with Gasteiger partial charge in [0.1, 0.15) is 0 Å². The fraction of sp³-hybridized carbons (Fsp3) is 0.909. The quantitative estimate of drug-likeness (QED) is 0.573. The maximum atomic E-state index is 5.76. The lowest BCUT2D eigenvalue weighted by Crippen LogP contribution is -2.17. The van der Waals surface area contributed by atoms with Crippen molar-refractivity contribution in [3.8, 4) is 0 Å². The van der Waals surface area contributed by atoms with Crippen molar-refractivity contribution >= 4 is 0 Å². The van der Waals surface area contributed by atoms with Gasteiger partial charge in [0.05, 0.1) is 6.10 Å². The van der Waals surface area contributed by atoms with Gasteiger partial charge >= 0.3 is 0 Å². The molecule has 0 saturated heterocycles. The Kier molecular flexibility index (Phi) is 5.42. The molecule has 1 fully saturated rings. The number of ether oxygens (including phenoxy) is 1. The van der Waals surface area contributed by atoms with E-state index in [-0.39, 0.29) is 0 Å². The SMILES string of the molecule is [CH2]CCCCOC1CCCCC1.